The van der Waals surface area contributed by atoms with Gasteiger partial charge >= 0.3 is 0 Å². The van der Waals surface area contributed by atoms with Gasteiger partial charge in [-0.25, -0.2) is 0 Å². The molecule has 0 amide bonds. The summed E-state index contributed by atoms with van der Waals surface area (Å²) in [6.07, 6.45) is 5.12. The van der Waals surface area contributed by atoms with Gasteiger partial charge in [-0.3, -0.25) is 0 Å². The zero-order valence-corrected chi connectivity index (χ0v) is 10.8. The smallest absolute Gasteiger partial charge is 0.0456 e. The lowest BCUT2D eigenvalue weighted by Crippen LogP contribution is -2.20. The summed E-state index contributed by atoms with van der Waals surface area (Å²) in [5.41, 5.74) is 6.96. The number of nitrogens with two attached hydrogens (primary N) is 1. The molecule has 1 nitrogen and oxygen atoms in total. The van der Waals surface area contributed by atoms with Crippen molar-refractivity contribution in [2.45, 2.75) is 31.6 Å². The first-order valence-electron chi connectivity index (χ1n) is 5.88. The molecule has 1 aliphatic rings. The van der Waals surface area contributed by atoms with Crippen molar-refractivity contribution in [3.05, 3.63) is 33.8 Å². The van der Waals surface area contributed by atoms with E-state index in [2.05, 4.69) is 0 Å². The van der Waals surface area contributed by atoms with E-state index in [4.69, 9.17) is 28.9 Å². The highest BCUT2D eigenvalue weighted by Gasteiger charge is 2.28. The summed E-state index contributed by atoms with van der Waals surface area (Å²) >= 11 is 12.5. The molecule has 1 aromatic carbocycles. The van der Waals surface area contributed by atoms with E-state index in [0.29, 0.717) is 18.4 Å². The Kier molecular flexibility index (Phi) is 4.12. The fourth-order valence-corrected chi connectivity index (χ4v) is 3.45. The predicted molar refractivity (Wildman–Crippen MR) is 70.2 cm³/mol. The Morgan fingerprint density at radius 2 is 1.75 bits per heavy atom. The Morgan fingerprint density at radius 3 is 2.25 bits per heavy atom. The normalized spacial score (nSPS) is 18.9. The SMILES string of the molecule is NCC(c1c(Cl)cccc1Cl)C1CCCC1. The molecular formula is C13H17Cl2N. The maximum absolute atomic E-state index is 6.24. The van der Waals surface area contributed by atoms with Crippen molar-refractivity contribution in [2.24, 2.45) is 11.7 Å². The second kappa shape index (κ2) is 5.39. The van der Waals surface area contributed by atoms with Crippen molar-refractivity contribution in [1.29, 1.82) is 0 Å². The first kappa shape index (κ1) is 12.2. The van der Waals surface area contributed by atoms with Gasteiger partial charge in [0.2, 0.25) is 0 Å². The zero-order valence-electron chi connectivity index (χ0n) is 9.26. The highest BCUT2D eigenvalue weighted by atomic mass is 35.5. The second-order valence-electron chi connectivity index (χ2n) is 4.52. The van der Waals surface area contributed by atoms with E-state index in [0.717, 1.165) is 15.6 Å². The number of benzene rings is 1. The molecule has 0 bridgehead atoms. The van der Waals surface area contributed by atoms with Crippen LogP contribution in [-0.4, -0.2) is 6.54 Å². The third-order valence-electron chi connectivity index (χ3n) is 3.59. The van der Waals surface area contributed by atoms with Crippen molar-refractivity contribution in [2.75, 3.05) is 6.54 Å². The van der Waals surface area contributed by atoms with Crippen molar-refractivity contribution in [3.8, 4) is 0 Å². The molecular weight excluding hydrogens is 241 g/mol. The number of halogens is 2. The van der Waals surface area contributed by atoms with Gasteiger partial charge in [-0.1, -0.05) is 42.1 Å². The summed E-state index contributed by atoms with van der Waals surface area (Å²) in [5.74, 6) is 0.978. The summed E-state index contributed by atoms with van der Waals surface area (Å²) in [6, 6.07) is 5.69. The van der Waals surface area contributed by atoms with E-state index in [9.17, 15) is 0 Å². The standard InChI is InChI=1S/C13H17Cl2N/c14-11-6-3-7-12(15)13(11)10(8-16)9-4-1-2-5-9/h3,6-7,9-10H,1-2,4-5,8,16H2. The summed E-state index contributed by atoms with van der Waals surface area (Å²) in [4.78, 5) is 0. The molecule has 0 spiro atoms. The van der Waals surface area contributed by atoms with Crippen LogP contribution >= 0.6 is 23.2 Å². The quantitative estimate of drug-likeness (QED) is 0.862. The Bertz CT molecular complexity index is 339. The fraction of sp³-hybridized carbons (Fsp3) is 0.538. The number of rotatable bonds is 3. The van der Waals surface area contributed by atoms with Crippen molar-refractivity contribution in [1.82, 2.24) is 0 Å². The van der Waals surface area contributed by atoms with Crippen LogP contribution in [0.5, 0.6) is 0 Å². The maximum atomic E-state index is 6.24. The predicted octanol–water partition coefficient (Wildman–Crippen LogP) is 4.23. The second-order valence-corrected chi connectivity index (χ2v) is 5.34. The minimum absolute atomic E-state index is 0.323. The molecule has 0 aliphatic heterocycles. The lowest BCUT2D eigenvalue weighted by atomic mass is 9.85. The van der Waals surface area contributed by atoms with Gasteiger partial charge in [-0.2, -0.15) is 0 Å². The van der Waals surface area contributed by atoms with Gasteiger partial charge < -0.3 is 5.73 Å². The van der Waals surface area contributed by atoms with Crippen molar-refractivity contribution >= 4 is 23.2 Å². The van der Waals surface area contributed by atoms with Gasteiger partial charge in [0.15, 0.2) is 0 Å². The van der Waals surface area contributed by atoms with Crippen molar-refractivity contribution < 1.29 is 0 Å². The largest absolute Gasteiger partial charge is 0.330 e. The number of hydrogen-bond acceptors (Lipinski definition) is 1. The topological polar surface area (TPSA) is 26.0 Å². The van der Waals surface area contributed by atoms with Gasteiger partial charge in [-0.15, -0.1) is 0 Å². The lowest BCUT2D eigenvalue weighted by Gasteiger charge is -2.24. The van der Waals surface area contributed by atoms with E-state index in [-0.39, 0.29) is 0 Å². The van der Waals surface area contributed by atoms with Crippen LogP contribution in [0.2, 0.25) is 10.0 Å². The third kappa shape index (κ3) is 2.37. The van der Waals surface area contributed by atoms with Crippen molar-refractivity contribution in [3.63, 3.8) is 0 Å². The van der Waals surface area contributed by atoms with Gasteiger partial charge in [0.05, 0.1) is 0 Å². The summed E-state index contributed by atoms with van der Waals surface area (Å²) in [7, 11) is 0. The molecule has 3 heteroatoms. The molecule has 2 N–H and O–H groups in total. The maximum Gasteiger partial charge on any atom is 0.0456 e. The molecule has 1 saturated carbocycles. The van der Waals surface area contributed by atoms with Crippen LogP contribution in [-0.2, 0) is 0 Å². The van der Waals surface area contributed by atoms with Gasteiger partial charge in [0, 0.05) is 16.0 Å². The van der Waals surface area contributed by atoms with E-state index >= 15 is 0 Å². The molecule has 1 unspecified atom stereocenters. The van der Waals surface area contributed by atoms with Gasteiger partial charge in [-0.05, 0) is 43.0 Å². The molecule has 1 aliphatic carbocycles. The van der Waals surface area contributed by atoms with E-state index < -0.39 is 0 Å². The van der Waals surface area contributed by atoms with E-state index in [1.165, 1.54) is 25.7 Å². The summed E-state index contributed by atoms with van der Waals surface area (Å²) in [5, 5.41) is 1.52. The number of hydrogen-bond donors (Lipinski definition) is 1. The first-order chi connectivity index (χ1) is 7.74. The molecule has 0 radical (unpaired) electrons. The van der Waals surface area contributed by atoms with Crippen LogP contribution in [0, 0.1) is 5.92 Å². The Balaban J connectivity index is 2.32. The average molecular weight is 258 g/mol. The third-order valence-corrected chi connectivity index (χ3v) is 4.25. The fourth-order valence-electron chi connectivity index (χ4n) is 2.77. The Hall–Kier alpha value is -0.240. The van der Waals surface area contributed by atoms with Crippen LogP contribution in [0.25, 0.3) is 0 Å². The average Bonchev–Trinajstić information content (AvgIpc) is 2.77. The van der Waals surface area contributed by atoms with Crippen LogP contribution in [0.3, 0.4) is 0 Å². The summed E-state index contributed by atoms with van der Waals surface area (Å²) in [6.45, 7) is 0.633. The summed E-state index contributed by atoms with van der Waals surface area (Å²) < 4.78 is 0. The minimum Gasteiger partial charge on any atom is -0.330 e. The highest BCUT2D eigenvalue weighted by Crippen LogP contribution is 2.41. The molecule has 1 atom stereocenters. The van der Waals surface area contributed by atoms with E-state index in [1.54, 1.807) is 0 Å². The molecule has 0 aromatic heterocycles. The molecule has 2 rings (SSSR count). The molecule has 1 fully saturated rings. The molecule has 1 aromatic rings. The Morgan fingerprint density at radius 1 is 1.19 bits per heavy atom. The van der Waals surface area contributed by atoms with Gasteiger partial charge in [0.1, 0.15) is 0 Å². The highest BCUT2D eigenvalue weighted by molar-refractivity contribution is 6.36. The first-order valence-corrected chi connectivity index (χ1v) is 6.63. The van der Waals surface area contributed by atoms with Gasteiger partial charge in [0.25, 0.3) is 0 Å². The Labute approximate surface area is 107 Å². The van der Waals surface area contributed by atoms with Crippen LogP contribution in [0.15, 0.2) is 18.2 Å². The molecule has 88 valence electrons. The minimum atomic E-state index is 0.323. The lowest BCUT2D eigenvalue weighted by molar-refractivity contribution is 0.440. The van der Waals surface area contributed by atoms with Crippen LogP contribution < -0.4 is 5.73 Å². The monoisotopic (exact) mass is 257 g/mol. The zero-order chi connectivity index (χ0) is 11.5. The molecule has 0 saturated heterocycles. The molecule has 16 heavy (non-hydrogen) atoms. The van der Waals surface area contributed by atoms with E-state index in [1.807, 2.05) is 18.2 Å². The molecule has 0 heterocycles. The van der Waals surface area contributed by atoms with Crippen LogP contribution in [0.4, 0.5) is 0 Å². The van der Waals surface area contributed by atoms with Crippen LogP contribution in [0.1, 0.15) is 37.2 Å².